The summed E-state index contributed by atoms with van der Waals surface area (Å²) in [5, 5.41) is 92.8. The number of carbonyl (C=O) groups is 1. The molecule has 1 atom stereocenters. The largest absolute Gasteiger partial charge is 0.469 e. The normalized spacial score (nSPS) is 10.1. The van der Waals surface area contributed by atoms with Gasteiger partial charge in [0.2, 0.25) is 0 Å². The predicted molar refractivity (Wildman–Crippen MR) is 172 cm³/mol. The van der Waals surface area contributed by atoms with Gasteiger partial charge in [0.15, 0.2) is 0 Å². The van der Waals surface area contributed by atoms with E-state index in [1.54, 1.807) is 0 Å². The van der Waals surface area contributed by atoms with Crippen LogP contribution < -0.4 is 5.32 Å². The van der Waals surface area contributed by atoms with Gasteiger partial charge in [0.05, 0.1) is 13.7 Å². The quantitative estimate of drug-likeness (QED) is 0.0481. The Labute approximate surface area is 266 Å². The maximum absolute atomic E-state index is 10.7. The molecule has 274 valence electrons. The lowest BCUT2D eigenvalue weighted by Crippen LogP contribution is -2.19. The van der Waals surface area contributed by atoms with Crippen molar-refractivity contribution in [2.24, 2.45) is 5.92 Å². The van der Waals surface area contributed by atoms with E-state index >= 15 is 0 Å². The van der Waals surface area contributed by atoms with E-state index < -0.39 is 0 Å². The van der Waals surface area contributed by atoms with Crippen molar-refractivity contribution in [1.82, 2.24) is 5.32 Å². The first kappa shape index (κ1) is 55.4. The second-order valence-corrected chi connectivity index (χ2v) is 9.28. The number of methoxy groups -OCH3 is 1. The van der Waals surface area contributed by atoms with Gasteiger partial charge in [0, 0.05) is 79.0 Å². The summed E-state index contributed by atoms with van der Waals surface area (Å²) in [7, 11) is 1.41. The summed E-state index contributed by atoms with van der Waals surface area (Å²) in [6.07, 6.45) is 9.91. The summed E-state index contributed by atoms with van der Waals surface area (Å²) in [5.74, 6) is 0.119. The van der Waals surface area contributed by atoms with Gasteiger partial charge in [-0.15, -0.1) is 0 Å². The van der Waals surface area contributed by atoms with Crippen molar-refractivity contribution in [3.05, 3.63) is 0 Å². The van der Waals surface area contributed by atoms with Gasteiger partial charge in [-0.25, -0.2) is 0 Å². The maximum atomic E-state index is 10.7. The number of unbranched alkanes of at least 4 members (excludes halogenated alkanes) is 6. The average molecular weight is 654 g/mol. The number of esters is 1. The number of ether oxygens (including phenoxy) is 1. The second kappa shape index (κ2) is 64.8. The van der Waals surface area contributed by atoms with Crippen LogP contribution in [0.1, 0.15) is 90.4 Å². The minimum atomic E-state index is -0.136. The van der Waals surface area contributed by atoms with Gasteiger partial charge < -0.3 is 66.2 Å². The Balaban J connectivity index is -0.000000102. The lowest BCUT2D eigenvalue weighted by Gasteiger charge is -2.01. The smallest absolute Gasteiger partial charge is 0.305 e. The fraction of sp³-hybridized carbons (Fsp3) is 0.967. The molecule has 12 N–H and O–H groups in total. The summed E-state index contributed by atoms with van der Waals surface area (Å²) in [4.78, 5) is 10.7. The maximum Gasteiger partial charge on any atom is 0.305 e. The summed E-state index contributed by atoms with van der Waals surface area (Å²) < 4.78 is 4.51. The van der Waals surface area contributed by atoms with Gasteiger partial charge in [-0.1, -0.05) is 13.3 Å². The molecule has 0 aliphatic rings. The van der Waals surface area contributed by atoms with E-state index in [1.165, 1.54) is 7.11 Å². The van der Waals surface area contributed by atoms with Crippen molar-refractivity contribution in [3.8, 4) is 0 Å². The van der Waals surface area contributed by atoms with Gasteiger partial charge in [0.1, 0.15) is 0 Å². The molecule has 0 aliphatic heterocycles. The standard InChI is InChI=1S/C9H19NO3.C5H12O2.4C4H10O2/c1-13-9(12)5-3-2-4-6-10-7-8-11;1-5(4-7)2-3-6;4*5-3-1-2-4-6/h10-11H,2-8H2,1H3;5-7H,2-4H2,1H3;4*5-6H,1-4H2. The molecule has 44 heavy (non-hydrogen) atoms. The van der Waals surface area contributed by atoms with Gasteiger partial charge >= 0.3 is 5.97 Å². The van der Waals surface area contributed by atoms with Crippen LogP contribution in [0.3, 0.4) is 0 Å². The van der Waals surface area contributed by atoms with Crippen molar-refractivity contribution in [3.63, 3.8) is 0 Å². The molecule has 0 aromatic carbocycles. The van der Waals surface area contributed by atoms with Crippen LogP contribution in [0.25, 0.3) is 0 Å². The number of aliphatic hydroxyl groups excluding tert-OH is 11. The van der Waals surface area contributed by atoms with Crippen LogP contribution in [-0.4, -0.2) is 155 Å². The Morgan fingerprint density at radius 3 is 1.09 bits per heavy atom. The van der Waals surface area contributed by atoms with E-state index in [0.29, 0.717) is 19.4 Å². The Morgan fingerprint density at radius 1 is 0.500 bits per heavy atom. The highest BCUT2D eigenvalue weighted by Gasteiger charge is 1.98. The minimum absolute atomic E-state index is 0.136. The van der Waals surface area contributed by atoms with Crippen molar-refractivity contribution in [2.45, 2.75) is 90.4 Å². The Morgan fingerprint density at radius 2 is 0.864 bits per heavy atom. The number of nitrogens with one attached hydrogen (secondary N) is 1. The first-order valence-electron chi connectivity index (χ1n) is 15.7. The molecule has 0 aromatic heterocycles. The first-order valence-corrected chi connectivity index (χ1v) is 15.7. The zero-order valence-corrected chi connectivity index (χ0v) is 27.7. The van der Waals surface area contributed by atoms with Crippen LogP contribution >= 0.6 is 0 Å². The SMILES string of the molecule is CC(CO)CCO.COC(=O)CCCCCNCCO.OCCCCO.OCCCCO.OCCCCO.OCCCCO. The number of carbonyl (C=O) groups excluding carboxylic acids is 1. The molecule has 0 bridgehead atoms. The molecule has 1 unspecified atom stereocenters. The molecule has 0 fully saturated rings. The van der Waals surface area contributed by atoms with Crippen molar-refractivity contribution in [1.29, 1.82) is 0 Å². The molecule has 0 aromatic rings. The van der Waals surface area contributed by atoms with Gasteiger partial charge in [-0.2, -0.15) is 0 Å². The summed E-state index contributed by atoms with van der Waals surface area (Å²) in [6.45, 7) is 5.56. The third-order valence-corrected chi connectivity index (χ3v) is 4.95. The molecule has 14 nitrogen and oxygen atoms in total. The zero-order chi connectivity index (χ0) is 35.0. The van der Waals surface area contributed by atoms with Crippen LogP contribution in [0, 0.1) is 5.92 Å². The number of rotatable bonds is 23. The van der Waals surface area contributed by atoms with E-state index in [1.807, 2.05) is 6.92 Å². The number of aliphatic hydroxyl groups is 11. The fourth-order valence-electron chi connectivity index (χ4n) is 2.21. The van der Waals surface area contributed by atoms with Crippen molar-refractivity contribution >= 4 is 5.97 Å². The summed E-state index contributed by atoms with van der Waals surface area (Å²) >= 11 is 0. The average Bonchev–Trinajstić information content (AvgIpc) is 3.05. The predicted octanol–water partition coefficient (Wildman–Crippen LogP) is -0.696. The topological polar surface area (TPSA) is 261 Å². The molecule has 0 saturated heterocycles. The summed E-state index contributed by atoms with van der Waals surface area (Å²) in [6, 6.07) is 0. The number of hydrogen-bond acceptors (Lipinski definition) is 14. The second-order valence-electron chi connectivity index (χ2n) is 9.28. The van der Waals surface area contributed by atoms with Crippen LogP contribution in [0.2, 0.25) is 0 Å². The highest BCUT2D eigenvalue weighted by atomic mass is 16.5. The molecule has 0 rings (SSSR count). The molecule has 0 heterocycles. The van der Waals surface area contributed by atoms with Gasteiger partial charge in [0.25, 0.3) is 0 Å². The van der Waals surface area contributed by atoms with E-state index in [2.05, 4.69) is 10.1 Å². The van der Waals surface area contributed by atoms with Gasteiger partial charge in [-0.3, -0.25) is 4.79 Å². The van der Waals surface area contributed by atoms with E-state index in [-0.39, 0.29) is 84.6 Å². The Hall–Kier alpha value is -1.01. The molecule has 0 spiro atoms. The lowest BCUT2D eigenvalue weighted by molar-refractivity contribution is -0.140. The lowest BCUT2D eigenvalue weighted by atomic mass is 10.1. The third kappa shape index (κ3) is 90.0. The van der Waals surface area contributed by atoms with Crippen LogP contribution in [0.15, 0.2) is 0 Å². The van der Waals surface area contributed by atoms with Crippen LogP contribution in [0.5, 0.6) is 0 Å². The molecule has 0 aliphatic carbocycles. The van der Waals surface area contributed by atoms with E-state index in [9.17, 15) is 4.79 Å². The number of hydrogen-bond donors (Lipinski definition) is 12. The van der Waals surface area contributed by atoms with Crippen molar-refractivity contribution < 1.29 is 65.7 Å². The highest BCUT2D eigenvalue weighted by Crippen LogP contribution is 1.99. The monoisotopic (exact) mass is 653 g/mol. The highest BCUT2D eigenvalue weighted by molar-refractivity contribution is 5.68. The van der Waals surface area contributed by atoms with Crippen LogP contribution in [-0.2, 0) is 9.53 Å². The third-order valence-electron chi connectivity index (χ3n) is 4.95. The Kier molecular flexibility index (Phi) is 81.6. The molecule has 0 amide bonds. The minimum Gasteiger partial charge on any atom is -0.469 e. The molecule has 14 heteroatoms. The first-order chi connectivity index (χ1) is 21.3. The molecular weight excluding hydrogens is 582 g/mol. The Bertz CT molecular complexity index is 378. The molecular formula is C30H71NO13. The van der Waals surface area contributed by atoms with E-state index in [4.69, 9.17) is 56.2 Å². The molecule has 0 radical (unpaired) electrons. The summed E-state index contributed by atoms with van der Waals surface area (Å²) in [5.41, 5.74) is 0. The fourth-order valence-corrected chi connectivity index (χ4v) is 2.21. The van der Waals surface area contributed by atoms with E-state index in [0.717, 1.165) is 77.2 Å². The molecule has 0 saturated carbocycles. The van der Waals surface area contributed by atoms with Crippen LogP contribution in [0.4, 0.5) is 0 Å². The zero-order valence-electron chi connectivity index (χ0n) is 27.7. The van der Waals surface area contributed by atoms with Gasteiger partial charge in [-0.05, 0) is 83.1 Å². The van der Waals surface area contributed by atoms with Crippen molar-refractivity contribution in [2.75, 3.05) is 92.9 Å².